The molecule has 0 aliphatic carbocycles. The van der Waals surface area contributed by atoms with Gasteiger partial charge in [0.1, 0.15) is 0 Å². The van der Waals surface area contributed by atoms with E-state index in [0.717, 1.165) is 5.56 Å². The summed E-state index contributed by atoms with van der Waals surface area (Å²) in [4.78, 5) is 11.1. The third kappa shape index (κ3) is 1.83. The lowest BCUT2D eigenvalue weighted by atomic mass is 10.0. The van der Waals surface area contributed by atoms with Gasteiger partial charge < -0.3 is 4.74 Å². The van der Waals surface area contributed by atoms with Gasteiger partial charge >= 0.3 is 0 Å². The Balaban J connectivity index is 2.51. The van der Waals surface area contributed by atoms with Gasteiger partial charge in [0.05, 0.1) is 13.5 Å². The molecule has 77 valence electrons. The summed E-state index contributed by atoms with van der Waals surface area (Å²) in [6.07, 6.45) is 3.22. The van der Waals surface area contributed by atoms with Crippen molar-refractivity contribution in [3.8, 4) is 5.75 Å². The first-order valence-corrected chi connectivity index (χ1v) is 4.47. The Kier molecular flexibility index (Phi) is 2.41. The van der Waals surface area contributed by atoms with E-state index in [1.807, 2.05) is 0 Å². The van der Waals surface area contributed by atoms with Gasteiger partial charge in [-0.3, -0.25) is 4.79 Å². The van der Waals surface area contributed by atoms with Crippen molar-refractivity contribution in [2.75, 3.05) is 7.11 Å². The first-order valence-electron chi connectivity index (χ1n) is 4.47. The number of carbonyl (C=O) groups is 1. The van der Waals surface area contributed by atoms with Crippen LogP contribution in [0.4, 0.5) is 4.39 Å². The number of hydrogen-bond acceptors (Lipinski definition) is 2. The van der Waals surface area contributed by atoms with Crippen LogP contribution in [0.1, 0.15) is 11.1 Å². The highest BCUT2D eigenvalue weighted by Crippen LogP contribution is 2.24. The Morgan fingerprint density at radius 3 is 3.00 bits per heavy atom. The summed E-state index contributed by atoms with van der Waals surface area (Å²) in [6, 6.07) is 2.88. The number of ether oxygens (including phenoxy) is 1. The zero-order valence-electron chi connectivity index (χ0n) is 8.16. The lowest BCUT2D eigenvalue weighted by Gasteiger charge is -2.06. The zero-order chi connectivity index (χ0) is 10.8. The lowest BCUT2D eigenvalue weighted by molar-refractivity contribution is -0.119. The predicted octanol–water partition coefficient (Wildman–Crippen LogP) is 1.49. The van der Waals surface area contributed by atoms with Gasteiger partial charge in [0, 0.05) is 6.20 Å². The fourth-order valence-electron chi connectivity index (χ4n) is 1.48. The molecule has 15 heavy (non-hydrogen) atoms. The van der Waals surface area contributed by atoms with Crippen LogP contribution < -0.4 is 10.1 Å². The summed E-state index contributed by atoms with van der Waals surface area (Å²) in [5.74, 6) is -0.554. The summed E-state index contributed by atoms with van der Waals surface area (Å²) in [5.41, 5.74) is 1.40. The van der Waals surface area contributed by atoms with Crippen LogP contribution in [0.3, 0.4) is 0 Å². The summed E-state index contributed by atoms with van der Waals surface area (Å²) < 4.78 is 18.2. The molecule has 0 fully saturated rings. The van der Waals surface area contributed by atoms with Gasteiger partial charge in [0.25, 0.3) is 0 Å². The quantitative estimate of drug-likeness (QED) is 0.698. The van der Waals surface area contributed by atoms with Gasteiger partial charge in [-0.05, 0) is 29.3 Å². The van der Waals surface area contributed by atoms with Crippen molar-refractivity contribution in [1.29, 1.82) is 0 Å². The van der Waals surface area contributed by atoms with Crippen LogP contribution in [-0.4, -0.2) is 13.0 Å². The SMILES string of the molecule is COc1cc2c(cc1F)CC(=O)[N]C=C2. The minimum Gasteiger partial charge on any atom is -0.494 e. The van der Waals surface area contributed by atoms with Gasteiger partial charge in [-0.1, -0.05) is 0 Å². The van der Waals surface area contributed by atoms with Crippen LogP contribution in [0.2, 0.25) is 0 Å². The second kappa shape index (κ2) is 3.73. The van der Waals surface area contributed by atoms with Gasteiger partial charge in [-0.15, -0.1) is 0 Å². The molecule has 0 aromatic heterocycles. The molecule has 0 saturated heterocycles. The van der Waals surface area contributed by atoms with Crippen molar-refractivity contribution in [3.63, 3.8) is 0 Å². The molecule has 1 aromatic rings. The van der Waals surface area contributed by atoms with Crippen molar-refractivity contribution < 1.29 is 13.9 Å². The van der Waals surface area contributed by atoms with Crippen LogP contribution in [0.15, 0.2) is 18.3 Å². The monoisotopic (exact) mass is 206 g/mol. The Bertz CT molecular complexity index is 440. The predicted molar refractivity (Wildman–Crippen MR) is 52.8 cm³/mol. The summed E-state index contributed by atoms with van der Waals surface area (Å²) in [7, 11) is 1.40. The van der Waals surface area contributed by atoms with E-state index < -0.39 is 5.82 Å². The number of amides is 1. The summed E-state index contributed by atoms with van der Waals surface area (Å²) >= 11 is 0. The number of halogens is 1. The average molecular weight is 206 g/mol. The fourth-order valence-corrected chi connectivity index (χ4v) is 1.48. The number of nitrogens with zero attached hydrogens (tertiary/aromatic N) is 1. The van der Waals surface area contributed by atoms with E-state index in [1.54, 1.807) is 12.1 Å². The van der Waals surface area contributed by atoms with Gasteiger partial charge in [0.2, 0.25) is 5.91 Å². The molecule has 1 aromatic carbocycles. The molecule has 1 heterocycles. The lowest BCUT2D eigenvalue weighted by Crippen LogP contribution is -2.11. The van der Waals surface area contributed by atoms with Gasteiger partial charge in [-0.2, -0.15) is 0 Å². The molecule has 0 bridgehead atoms. The Morgan fingerprint density at radius 1 is 1.47 bits per heavy atom. The van der Waals surface area contributed by atoms with Crippen molar-refractivity contribution in [2.45, 2.75) is 6.42 Å². The number of carbonyl (C=O) groups excluding carboxylic acids is 1. The molecular weight excluding hydrogens is 197 g/mol. The standard InChI is InChI=1S/C11H9FNO2/c1-15-10-5-7-2-3-13-11(14)6-8(7)4-9(10)12/h2-5H,6H2,1H3. The van der Waals surface area contributed by atoms with E-state index in [4.69, 9.17) is 4.74 Å². The Labute approximate surface area is 86.6 Å². The molecular formula is C11H9FNO2. The second-order valence-electron chi connectivity index (χ2n) is 3.20. The molecule has 0 unspecified atom stereocenters. The maximum absolute atomic E-state index is 13.3. The molecule has 4 heteroatoms. The second-order valence-corrected chi connectivity index (χ2v) is 3.20. The molecule has 2 rings (SSSR count). The summed E-state index contributed by atoms with van der Waals surface area (Å²) in [5, 5.41) is 3.64. The third-order valence-electron chi connectivity index (χ3n) is 2.23. The highest BCUT2D eigenvalue weighted by molar-refractivity contribution is 5.83. The number of methoxy groups -OCH3 is 1. The van der Waals surface area contributed by atoms with Crippen molar-refractivity contribution >= 4 is 12.0 Å². The van der Waals surface area contributed by atoms with E-state index in [-0.39, 0.29) is 18.1 Å². The molecule has 1 amide bonds. The smallest absolute Gasteiger partial charge is 0.250 e. The fraction of sp³-hybridized carbons (Fsp3) is 0.182. The maximum Gasteiger partial charge on any atom is 0.250 e. The van der Waals surface area contributed by atoms with Crippen molar-refractivity contribution in [3.05, 3.63) is 35.3 Å². The minimum absolute atomic E-state index is 0.128. The van der Waals surface area contributed by atoms with Crippen LogP contribution >= 0.6 is 0 Å². The molecule has 0 spiro atoms. The van der Waals surface area contributed by atoms with Gasteiger partial charge in [0.15, 0.2) is 11.6 Å². The van der Waals surface area contributed by atoms with Crippen LogP contribution in [0, 0.1) is 5.82 Å². The first-order chi connectivity index (χ1) is 7.20. The highest BCUT2D eigenvalue weighted by atomic mass is 19.1. The largest absolute Gasteiger partial charge is 0.494 e. The summed E-state index contributed by atoms with van der Waals surface area (Å²) in [6.45, 7) is 0. The van der Waals surface area contributed by atoms with E-state index in [1.165, 1.54) is 19.4 Å². The van der Waals surface area contributed by atoms with E-state index in [0.29, 0.717) is 5.56 Å². The van der Waals surface area contributed by atoms with Crippen LogP contribution in [0.5, 0.6) is 5.75 Å². The number of benzene rings is 1. The minimum atomic E-state index is -0.459. The first kappa shape index (κ1) is 9.71. The topological polar surface area (TPSA) is 40.4 Å². The van der Waals surface area contributed by atoms with Crippen LogP contribution in [0.25, 0.3) is 6.08 Å². The molecule has 0 saturated carbocycles. The maximum atomic E-state index is 13.3. The van der Waals surface area contributed by atoms with Crippen LogP contribution in [-0.2, 0) is 11.2 Å². The Hall–Kier alpha value is -1.84. The third-order valence-corrected chi connectivity index (χ3v) is 2.23. The number of rotatable bonds is 1. The normalized spacial score (nSPS) is 14.1. The molecule has 1 aliphatic heterocycles. The highest BCUT2D eigenvalue weighted by Gasteiger charge is 2.14. The molecule has 1 radical (unpaired) electrons. The van der Waals surface area contributed by atoms with E-state index >= 15 is 0 Å². The van der Waals surface area contributed by atoms with Crippen molar-refractivity contribution in [2.24, 2.45) is 0 Å². The zero-order valence-corrected chi connectivity index (χ0v) is 8.16. The molecule has 0 atom stereocenters. The van der Waals surface area contributed by atoms with Crippen molar-refractivity contribution in [1.82, 2.24) is 5.32 Å². The Morgan fingerprint density at radius 2 is 2.27 bits per heavy atom. The molecule has 0 N–H and O–H groups in total. The van der Waals surface area contributed by atoms with E-state index in [9.17, 15) is 9.18 Å². The average Bonchev–Trinajstić information content (AvgIpc) is 2.37. The van der Waals surface area contributed by atoms with Gasteiger partial charge in [-0.25, -0.2) is 9.71 Å². The molecule has 3 nitrogen and oxygen atoms in total. The number of fused-ring (bicyclic) bond motifs is 1. The van der Waals surface area contributed by atoms with E-state index in [2.05, 4.69) is 5.32 Å². The number of hydrogen-bond donors (Lipinski definition) is 0. The molecule has 1 aliphatic rings.